The molecule has 0 saturated carbocycles. The van der Waals surface area contributed by atoms with Crippen molar-refractivity contribution in [3.8, 4) is 0 Å². The summed E-state index contributed by atoms with van der Waals surface area (Å²) >= 11 is 0. The van der Waals surface area contributed by atoms with Gasteiger partial charge in [-0.2, -0.15) is 0 Å². The minimum Gasteiger partial charge on any atom is -0.507 e. The molecular weight excluding hydrogens is 288 g/mol. The summed E-state index contributed by atoms with van der Waals surface area (Å²) in [6.45, 7) is 11.2. The number of aliphatic hydroxyl groups is 1. The Labute approximate surface area is 137 Å². The van der Waals surface area contributed by atoms with Crippen molar-refractivity contribution >= 4 is 17.3 Å². The summed E-state index contributed by atoms with van der Waals surface area (Å²) in [6, 6.07) is 3.60. The largest absolute Gasteiger partial charge is 0.507 e. The Hall–Kier alpha value is -2.42. The Morgan fingerprint density at radius 1 is 1.26 bits per heavy atom. The summed E-state index contributed by atoms with van der Waals surface area (Å²) in [6.07, 6.45) is 4.32. The van der Waals surface area contributed by atoms with Crippen molar-refractivity contribution in [2.24, 2.45) is 5.92 Å². The second kappa shape index (κ2) is 6.37. The van der Waals surface area contributed by atoms with Crippen LogP contribution in [0.15, 0.2) is 42.0 Å². The highest BCUT2D eigenvalue weighted by Gasteiger charge is 2.35. The van der Waals surface area contributed by atoms with Crippen LogP contribution in [-0.2, 0) is 11.2 Å². The maximum atomic E-state index is 12.6. The summed E-state index contributed by atoms with van der Waals surface area (Å²) < 4.78 is 0. The van der Waals surface area contributed by atoms with Crippen molar-refractivity contribution in [1.82, 2.24) is 0 Å². The third kappa shape index (κ3) is 3.04. The van der Waals surface area contributed by atoms with Crippen molar-refractivity contribution in [3.05, 3.63) is 64.3 Å². The van der Waals surface area contributed by atoms with Gasteiger partial charge in [-0.05, 0) is 37.3 Å². The molecule has 1 N–H and O–H groups in total. The molecule has 0 spiro atoms. The Bertz CT molecular complexity index is 761. The van der Waals surface area contributed by atoms with Crippen LogP contribution >= 0.6 is 0 Å². The molecule has 0 radical (unpaired) electrons. The van der Waals surface area contributed by atoms with Gasteiger partial charge in [-0.3, -0.25) is 9.59 Å². The molecule has 2 rings (SSSR count). The number of fused-ring (bicyclic) bond motifs is 1. The number of carbonyl (C=O) groups is 2. The summed E-state index contributed by atoms with van der Waals surface area (Å²) in [5.41, 5.74) is 3.63. The van der Waals surface area contributed by atoms with Crippen molar-refractivity contribution in [2.75, 3.05) is 0 Å². The zero-order valence-corrected chi connectivity index (χ0v) is 14.1. The molecule has 3 heteroatoms. The molecule has 1 aliphatic carbocycles. The highest BCUT2D eigenvalue weighted by Crippen LogP contribution is 2.34. The summed E-state index contributed by atoms with van der Waals surface area (Å²) in [7, 11) is 0. The molecular formula is C20H22O3. The van der Waals surface area contributed by atoms with E-state index in [0.29, 0.717) is 17.5 Å². The van der Waals surface area contributed by atoms with Crippen LogP contribution in [0.25, 0.3) is 5.76 Å². The molecule has 0 saturated heterocycles. The number of rotatable bonds is 4. The normalized spacial score (nSPS) is 14.8. The van der Waals surface area contributed by atoms with Gasteiger partial charge >= 0.3 is 0 Å². The number of carbonyl (C=O) groups excluding carboxylic acids is 2. The Morgan fingerprint density at radius 2 is 1.91 bits per heavy atom. The number of aryl methyl sites for hydroxylation is 1. The fourth-order valence-electron chi connectivity index (χ4n) is 2.87. The van der Waals surface area contributed by atoms with Crippen molar-refractivity contribution in [2.45, 2.75) is 34.1 Å². The molecule has 0 fully saturated rings. The van der Waals surface area contributed by atoms with Gasteiger partial charge in [0.05, 0.1) is 0 Å². The van der Waals surface area contributed by atoms with Crippen LogP contribution in [0.1, 0.15) is 47.8 Å². The maximum absolute atomic E-state index is 12.6. The molecule has 1 aliphatic rings. The van der Waals surface area contributed by atoms with E-state index in [1.165, 1.54) is 0 Å². The Balaban J connectivity index is 2.66. The van der Waals surface area contributed by atoms with Crippen molar-refractivity contribution in [1.29, 1.82) is 0 Å². The van der Waals surface area contributed by atoms with Gasteiger partial charge in [-0.25, -0.2) is 0 Å². The molecule has 0 aromatic heterocycles. The van der Waals surface area contributed by atoms with E-state index in [0.717, 1.165) is 16.7 Å². The van der Waals surface area contributed by atoms with Gasteiger partial charge < -0.3 is 5.11 Å². The lowest BCUT2D eigenvalue weighted by molar-refractivity contribution is -0.112. The molecule has 1 aromatic rings. The van der Waals surface area contributed by atoms with E-state index in [9.17, 15) is 14.7 Å². The lowest BCUT2D eigenvalue weighted by Gasteiger charge is -2.23. The molecule has 0 amide bonds. The second-order valence-electron chi connectivity index (χ2n) is 6.31. The van der Waals surface area contributed by atoms with E-state index in [2.05, 4.69) is 6.58 Å². The molecule has 23 heavy (non-hydrogen) atoms. The van der Waals surface area contributed by atoms with E-state index in [1.54, 1.807) is 19.9 Å². The smallest absolute Gasteiger partial charge is 0.234 e. The summed E-state index contributed by atoms with van der Waals surface area (Å²) in [5.74, 6) is -1.39. The van der Waals surface area contributed by atoms with Crippen LogP contribution in [-0.4, -0.2) is 16.7 Å². The van der Waals surface area contributed by atoms with Gasteiger partial charge in [0.15, 0.2) is 0 Å². The van der Waals surface area contributed by atoms with Crippen LogP contribution < -0.4 is 0 Å². The van der Waals surface area contributed by atoms with Crippen LogP contribution in [0.2, 0.25) is 0 Å². The first-order valence-corrected chi connectivity index (χ1v) is 7.72. The summed E-state index contributed by atoms with van der Waals surface area (Å²) in [4.78, 5) is 25.0. The maximum Gasteiger partial charge on any atom is 0.234 e. The van der Waals surface area contributed by atoms with Gasteiger partial charge in [-0.1, -0.05) is 50.3 Å². The van der Waals surface area contributed by atoms with Crippen LogP contribution in [0, 0.1) is 12.8 Å². The highest BCUT2D eigenvalue weighted by atomic mass is 16.3. The predicted octanol–water partition coefficient (Wildman–Crippen LogP) is 4.36. The van der Waals surface area contributed by atoms with E-state index in [4.69, 9.17) is 0 Å². The number of hydrogen-bond acceptors (Lipinski definition) is 3. The number of Topliss-reactive ketones (excluding diaryl/α,β-unsaturated/α-hetero) is 2. The first-order valence-electron chi connectivity index (χ1n) is 7.72. The number of allylic oxidation sites excluding steroid dienone is 4. The minimum absolute atomic E-state index is 0.0651. The molecule has 0 heterocycles. The molecule has 3 nitrogen and oxygen atoms in total. The van der Waals surface area contributed by atoms with Crippen molar-refractivity contribution in [3.63, 3.8) is 0 Å². The Morgan fingerprint density at radius 3 is 2.48 bits per heavy atom. The first-order chi connectivity index (χ1) is 10.8. The van der Waals surface area contributed by atoms with E-state index >= 15 is 0 Å². The van der Waals surface area contributed by atoms with Crippen LogP contribution in [0.4, 0.5) is 0 Å². The first kappa shape index (κ1) is 16.9. The topological polar surface area (TPSA) is 54.4 Å². The quantitative estimate of drug-likeness (QED) is 0.664. The minimum atomic E-state index is -0.597. The lowest BCUT2D eigenvalue weighted by Crippen LogP contribution is -2.28. The molecule has 0 atom stereocenters. The average Bonchev–Trinajstić information content (AvgIpc) is 2.46. The number of hydrogen-bond donors (Lipinski definition) is 1. The SMILES string of the molecule is C=C(C)/C=C\Cc1c(C)ccc2c1C(=O)C(=O)C(C(C)C)=C2O. The van der Waals surface area contributed by atoms with Gasteiger partial charge in [-0.15, -0.1) is 0 Å². The highest BCUT2D eigenvalue weighted by molar-refractivity contribution is 6.52. The average molecular weight is 310 g/mol. The summed E-state index contributed by atoms with van der Waals surface area (Å²) in [5, 5.41) is 10.5. The number of ketones is 2. The number of aliphatic hydroxyl groups excluding tert-OH is 1. The van der Waals surface area contributed by atoms with Gasteiger partial charge in [0.1, 0.15) is 5.76 Å². The standard InChI is InChI=1S/C20H22O3/c1-11(2)7-6-8-14-13(5)9-10-15-17(14)20(23)19(22)16(12(3)4)18(15)21/h6-7,9-10,12,21H,1,8H2,2-5H3/b7-6-. The molecule has 120 valence electrons. The zero-order chi connectivity index (χ0) is 17.3. The third-order valence-electron chi connectivity index (χ3n) is 4.04. The van der Waals surface area contributed by atoms with Crippen LogP contribution in [0.5, 0.6) is 0 Å². The molecule has 1 aromatic carbocycles. The predicted molar refractivity (Wildman–Crippen MR) is 92.6 cm³/mol. The monoisotopic (exact) mass is 310 g/mol. The number of benzene rings is 1. The Kier molecular flexibility index (Phi) is 4.69. The second-order valence-corrected chi connectivity index (χ2v) is 6.31. The molecule has 0 unspecified atom stereocenters. The third-order valence-corrected chi connectivity index (χ3v) is 4.04. The van der Waals surface area contributed by atoms with Crippen LogP contribution in [0.3, 0.4) is 0 Å². The molecule has 0 aliphatic heterocycles. The fraction of sp³-hybridized carbons (Fsp3) is 0.300. The van der Waals surface area contributed by atoms with Gasteiger partial charge in [0.2, 0.25) is 11.6 Å². The molecule has 0 bridgehead atoms. The van der Waals surface area contributed by atoms with E-state index in [1.807, 2.05) is 32.1 Å². The lowest BCUT2D eigenvalue weighted by atomic mass is 9.80. The van der Waals surface area contributed by atoms with Gasteiger partial charge in [0.25, 0.3) is 0 Å². The van der Waals surface area contributed by atoms with Crippen molar-refractivity contribution < 1.29 is 14.7 Å². The van der Waals surface area contributed by atoms with E-state index in [-0.39, 0.29) is 17.3 Å². The van der Waals surface area contributed by atoms with Gasteiger partial charge in [0, 0.05) is 16.7 Å². The van der Waals surface area contributed by atoms with E-state index < -0.39 is 11.6 Å². The fourth-order valence-corrected chi connectivity index (χ4v) is 2.87. The zero-order valence-electron chi connectivity index (χ0n) is 14.1.